The molecule has 0 spiro atoms. The maximum Gasteiger partial charge on any atom is 0.123 e. The van der Waals surface area contributed by atoms with Gasteiger partial charge >= 0.3 is 0 Å². The van der Waals surface area contributed by atoms with Gasteiger partial charge in [0, 0.05) is 28.5 Å². The summed E-state index contributed by atoms with van der Waals surface area (Å²) in [4.78, 5) is 5.67. The van der Waals surface area contributed by atoms with Crippen LogP contribution in [0, 0.1) is 6.92 Å². The summed E-state index contributed by atoms with van der Waals surface area (Å²) in [7, 11) is 0. The Morgan fingerprint density at radius 3 is 3.15 bits per heavy atom. The molecule has 2 atom stereocenters. The number of nitrogens with zero attached hydrogens (tertiary/aromatic N) is 1. The van der Waals surface area contributed by atoms with E-state index in [0.717, 1.165) is 28.2 Å². The highest BCUT2D eigenvalue weighted by Crippen LogP contribution is 2.31. The molecule has 0 amide bonds. The molecular formula is C15H17BrN2OS. The first-order valence-corrected chi connectivity index (χ1v) is 8.33. The van der Waals surface area contributed by atoms with Gasteiger partial charge in [0.25, 0.3) is 0 Å². The topological polar surface area (TPSA) is 34.2 Å². The lowest BCUT2D eigenvalue weighted by molar-refractivity contribution is 0.222. The van der Waals surface area contributed by atoms with E-state index in [1.54, 1.807) is 11.3 Å². The molecule has 1 aromatic heterocycles. The fraction of sp³-hybridized carbons (Fsp3) is 0.400. The third kappa shape index (κ3) is 3.05. The summed E-state index contributed by atoms with van der Waals surface area (Å²) in [5.41, 5.74) is 1.28. The number of fused-ring (bicyclic) bond motifs is 1. The zero-order valence-electron chi connectivity index (χ0n) is 11.5. The summed E-state index contributed by atoms with van der Waals surface area (Å²) in [5, 5.41) is 4.65. The van der Waals surface area contributed by atoms with Crippen LogP contribution in [0.25, 0.3) is 0 Å². The Kier molecular flexibility index (Phi) is 4.10. The average Bonchev–Trinajstić information content (AvgIpc) is 3.01. The van der Waals surface area contributed by atoms with Crippen molar-refractivity contribution in [1.82, 2.24) is 10.3 Å². The van der Waals surface area contributed by atoms with Crippen LogP contribution in [-0.4, -0.2) is 17.6 Å². The van der Waals surface area contributed by atoms with Crippen LogP contribution in [0.3, 0.4) is 0 Å². The third-order valence-corrected chi connectivity index (χ3v) is 5.01. The van der Waals surface area contributed by atoms with E-state index in [4.69, 9.17) is 4.74 Å². The van der Waals surface area contributed by atoms with Crippen molar-refractivity contribution < 1.29 is 4.74 Å². The molecule has 2 aromatic rings. The van der Waals surface area contributed by atoms with Gasteiger partial charge < -0.3 is 10.1 Å². The van der Waals surface area contributed by atoms with Gasteiger partial charge in [-0.2, -0.15) is 0 Å². The molecule has 1 aliphatic rings. The Hall–Kier alpha value is -0.910. The highest BCUT2D eigenvalue weighted by atomic mass is 79.9. The molecule has 0 aliphatic carbocycles. The first-order valence-electron chi connectivity index (χ1n) is 6.72. The molecular weight excluding hydrogens is 336 g/mol. The van der Waals surface area contributed by atoms with E-state index < -0.39 is 0 Å². The molecule has 1 aliphatic heterocycles. The normalized spacial score (nSPS) is 18.6. The van der Waals surface area contributed by atoms with Crippen molar-refractivity contribution in [2.75, 3.05) is 6.54 Å². The van der Waals surface area contributed by atoms with Gasteiger partial charge in [-0.25, -0.2) is 4.98 Å². The summed E-state index contributed by atoms with van der Waals surface area (Å²) in [6.45, 7) is 5.07. The SMILES string of the molecule is Cc1cnc(C(C)NCC2Cc3cc(Br)ccc3O2)s1. The molecule has 0 bridgehead atoms. The number of hydrogen-bond acceptors (Lipinski definition) is 4. The van der Waals surface area contributed by atoms with E-state index in [1.165, 1.54) is 10.4 Å². The molecule has 5 heteroatoms. The van der Waals surface area contributed by atoms with Gasteiger partial charge in [0.15, 0.2) is 0 Å². The molecule has 106 valence electrons. The fourth-order valence-electron chi connectivity index (χ4n) is 2.37. The summed E-state index contributed by atoms with van der Waals surface area (Å²) in [5.74, 6) is 1.01. The third-order valence-electron chi connectivity index (χ3n) is 3.43. The average molecular weight is 353 g/mol. The monoisotopic (exact) mass is 352 g/mol. The zero-order valence-corrected chi connectivity index (χ0v) is 13.9. The van der Waals surface area contributed by atoms with Crippen molar-refractivity contribution >= 4 is 27.3 Å². The predicted octanol–water partition coefficient (Wildman–Crippen LogP) is 3.87. The van der Waals surface area contributed by atoms with Crippen molar-refractivity contribution in [1.29, 1.82) is 0 Å². The van der Waals surface area contributed by atoms with Crippen LogP contribution in [0.1, 0.15) is 28.4 Å². The second-order valence-electron chi connectivity index (χ2n) is 5.14. The Labute approximate surface area is 131 Å². The molecule has 2 heterocycles. The maximum absolute atomic E-state index is 5.95. The molecule has 0 fully saturated rings. The minimum atomic E-state index is 0.211. The van der Waals surface area contributed by atoms with Crippen LogP contribution in [0.5, 0.6) is 5.75 Å². The summed E-state index contributed by atoms with van der Waals surface area (Å²) < 4.78 is 7.06. The molecule has 0 saturated heterocycles. The summed E-state index contributed by atoms with van der Waals surface area (Å²) >= 11 is 5.25. The van der Waals surface area contributed by atoms with E-state index in [0.29, 0.717) is 0 Å². The molecule has 20 heavy (non-hydrogen) atoms. The molecule has 1 N–H and O–H groups in total. The number of aromatic nitrogens is 1. The quantitative estimate of drug-likeness (QED) is 0.906. The van der Waals surface area contributed by atoms with Gasteiger partial charge in [0.2, 0.25) is 0 Å². The van der Waals surface area contributed by atoms with Crippen LogP contribution < -0.4 is 10.1 Å². The Morgan fingerprint density at radius 2 is 2.40 bits per heavy atom. The van der Waals surface area contributed by atoms with Gasteiger partial charge in [-0.15, -0.1) is 11.3 Å². The highest BCUT2D eigenvalue weighted by molar-refractivity contribution is 9.10. The number of rotatable bonds is 4. The van der Waals surface area contributed by atoms with Gasteiger partial charge in [-0.3, -0.25) is 0 Å². The van der Waals surface area contributed by atoms with Crippen molar-refractivity contribution in [2.45, 2.75) is 32.4 Å². The smallest absolute Gasteiger partial charge is 0.123 e. The molecule has 0 saturated carbocycles. The van der Waals surface area contributed by atoms with Crippen molar-refractivity contribution in [2.24, 2.45) is 0 Å². The number of ether oxygens (including phenoxy) is 1. The summed E-state index contributed by atoms with van der Waals surface area (Å²) in [6.07, 6.45) is 3.10. The van der Waals surface area contributed by atoms with Crippen LogP contribution in [0.4, 0.5) is 0 Å². The second-order valence-corrected chi connectivity index (χ2v) is 7.32. The minimum absolute atomic E-state index is 0.211. The number of hydrogen-bond donors (Lipinski definition) is 1. The van der Waals surface area contributed by atoms with Crippen LogP contribution >= 0.6 is 27.3 Å². The van der Waals surface area contributed by atoms with E-state index in [-0.39, 0.29) is 12.1 Å². The zero-order chi connectivity index (χ0) is 14.1. The van der Waals surface area contributed by atoms with Crippen molar-refractivity contribution in [3.63, 3.8) is 0 Å². The van der Waals surface area contributed by atoms with Crippen LogP contribution in [0.2, 0.25) is 0 Å². The van der Waals surface area contributed by atoms with Gasteiger partial charge in [0.1, 0.15) is 16.9 Å². The Morgan fingerprint density at radius 1 is 1.55 bits per heavy atom. The number of thiazole rings is 1. The lowest BCUT2D eigenvalue weighted by Gasteiger charge is -2.15. The number of benzene rings is 1. The minimum Gasteiger partial charge on any atom is -0.488 e. The van der Waals surface area contributed by atoms with E-state index in [9.17, 15) is 0 Å². The molecule has 1 aromatic carbocycles. The first kappa shape index (κ1) is 14.0. The van der Waals surface area contributed by atoms with E-state index >= 15 is 0 Å². The first-order chi connectivity index (χ1) is 9.61. The van der Waals surface area contributed by atoms with Gasteiger partial charge in [0.05, 0.1) is 6.04 Å². The van der Waals surface area contributed by atoms with Gasteiger partial charge in [-0.05, 0) is 37.6 Å². The molecule has 3 rings (SSSR count). The fourth-order valence-corrected chi connectivity index (χ4v) is 3.58. The maximum atomic E-state index is 5.95. The van der Waals surface area contributed by atoms with Crippen molar-refractivity contribution in [3.8, 4) is 5.75 Å². The largest absolute Gasteiger partial charge is 0.488 e. The number of halogens is 1. The van der Waals surface area contributed by atoms with E-state index in [1.807, 2.05) is 18.3 Å². The van der Waals surface area contributed by atoms with Crippen LogP contribution in [0.15, 0.2) is 28.9 Å². The highest BCUT2D eigenvalue weighted by Gasteiger charge is 2.23. The lowest BCUT2D eigenvalue weighted by atomic mass is 10.1. The second kappa shape index (κ2) is 5.84. The predicted molar refractivity (Wildman–Crippen MR) is 85.5 cm³/mol. The summed E-state index contributed by atoms with van der Waals surface area (Å²) in [6, 6.07) is 6.47. The molecule has 3 nitrogen and oxygen atoms in total. The standard InChI is InChI=1S/C15H17BrN2OS/c1-9-7-18-15(20-9)10(2)17-8-13-6-11-5-12(16)3-4-14(11)19-13/h3-5,7,10,13,17H,6,8H2,1-2H3. The van der Waals surface area contributed by atoms with Gasteiger partial charge in [-0.1, -0.05) is 15.9 Å². The number of nitrogens with one attached hydrogen (secondary N) is 1. The van der Waals surface area contributed by atoms with Crippen molar-refractivity contribution in [3.05, 3.63) is 44.3 Å². The molecule has 0 radical (unpaired) electrons. The lowest BCUT2D eigenvalue weighted by Crippen LogP contribution is -2.31. The number of aryl methyl sites for hydroxylation is 1. The Bertz CT molecular complexity index is 614. The molecule has 2 unspecified atom stereocenters. The van der Waals surface area contributed by atoms with Crippen LogP contribution in [-0.2, 0) is 6.42 Å². The van der Waals surface area contributed by atoms with E-state index in [2.05, 4.69) is 46.1 Å². The Balaban J connectivity index is 1.56.